The van der Waals surface area contributed by atoms with Crippen molar-refractivity contribution in [1.29, 1.82) is 0 Å². The predicted molar refractivity (Wildman–Crippen MR) is 125 cm³/mol. The third-order valence-electron chi connectivity index (χ3n) is 5.71. The number of nitrogens with one attached hydrogen (secondary N) is 1. The SMILES string of the molecule is CNC(=O)C(Cc1ccccc1)N(Cc1ccc(F)cc1)C(=O)Cc1ccc(C)c(C)c1. The molecule has 0 radical (unpaired) electrons. The minimum Gasteiger partial charge on any atom is -0.357 e. The van der Waals surface area contributed by atoms with Crippen LogP contribution in [0.25, 0.3) is 0 Å². The number of aryl methyl sites for hydroxylation is 2. The van der Waals surface area contributed by atoms with E-state index in [-0.39, 0.29) is 30.6 Å². The molecule has 0 heterocycles. The largest absolute Gasteiger partial charge is 0.357 e. The first-order chi connectivity index (χ1) is 15.4. The van der Waals surface area contributed by atoms with Gasteiger partial charge in [-0.25, -0.2) is 4.39 Å². The molecule has 0 spiro atoms. The quantitative estimate of drug-likeness (QED) is 0.575. The van der Waals surface area contributed by atoms with E-state index in [1.165, 1.54) is 12.1 Å². The van der Waals surface area contributed by atoms with E-state index in [0.717, 1.165) is 27.8 Å². The number of likely N-dealkylation sites (N-methyl/N-ethyl adjacent to an activating group) is 1. The molecule has 1 atom stereocenters. The molecule has 166 valence electrons. The Kier molecular flexibility index (Phi) is 7.77. The number of carbonyl (C=O) groups is 2. The third kappa shape index (κ3) is 6.03. The second kappa shape index (κ2) is 10.7. The van der Waals surface area contributed by atoms with E-state index in [1.54, 1.807) is 24.1 Å². The van der Waals surface area contributed by atoms with Gasteiger partial charge in [-0.15, -0.1) is 0 Å². The fourth-order valence-corrected chi connectivity index (χ4v) is 3.70. The zero-order valence-corrected chi connectivity index (χ0v) is 18.8. The highest BCUT2D eigenvalue weighted by molar-refractivity contribution is 5.88. The lowest BCUT2D eigenvalue weighted by molar-refractivity contribution is -0.140. The summed E-state index contributed by atoms with van der Waals surface area (Å²) < 4.78 is 13.4. The maximum atomic E-state index is 13.5. The van der Waals surface area contributed by atoms with Crippen molar-refractivity contribution in [3.8, 4) is 0 Å². The van der Waals surface area contributed by atoms with Crippen LogP contribution < -0.4 is 5.32 Å². The number of rotatable bonds is 8. The van der Waals surface area contributed by atoms with Crippen LogP contribution in [-0.4, -0.2) is 29.8 Å². The lowest BCUT2D eigenvalue weighted by Crippen LogP contribution is -2.50. The van der Waals surface area contributed by atoms with Gasteiger partial charge in [0.05, 0.1) is 6.42 Å². The van der Waals surface area contributed by atoms with Gasteiger partial charge in [-0.3, -0.25) is 9.59 Å². The maximum Gasteiger partial charge on any atom is 0.242 e. The van der Waals surface area contributed by atoms with Crippen molar-refractivity contribution < 1.29 is 14.0 Å². The number of hydrogen-bond acceptors (Lipinski definition) is 2. The lowest BCUT2D eigenvalue weighted by atomic mass is 10.0. The molecule has 2 amide bonds. The highest BCUT2D eigenvalue weighted by Gasteiger charge is 2.29. The average molecular weight is 433 g/mol. The van der Waals surface area contributed by atoms with Crippen LogP contribution in [-0.2, 0) is 29.0 Å². The van der Waals surface area contributed by atoms with Crippen LogP contribution in [0.15, 0.2) is 72.8 Å². The van der Waals surface area contributed by atoms with Gasteiger partial charge in [-0.05, 0) is 53.8 Å². The Morgan fingerprint density at radius 2 is 1.53 bits per heavy atom. The Morgan fingerprint density at radius 1 is 0.875 bits per heavy atom. The van der Waals surface area contributed by atoms with Gasteiger partial charge in [-0.2, -0.15) is 0 Å². The van der Waals surface area contributed by atoms with E-state index >= 15 is 0 Å². The summed E-state index contributed by atoms with van der Waals surface area (Å²) in [6.45, 7) is 4.26. The van der Waals surface area contributed by atoms with Crippen LogP contribution in [0.3, 0.4) is 0 Å². The van der Waals surface area contributed by atoms with Gasteiger partial charge >= 0.3 is 0 Å². The van der Waals surface area contributed by atoms with Crippen molar-refractivity contribution in [2.24, 2.45) is 0 Å². The minimum absolute atomic E-state index is 0.151. The normalized spacial score (nSPS) is 11.6. The first-order valence-electron chi connectivity index (χ1n) is 10.7. The first-order valence-corrected chi connectivity index (χ1v) is 10.7. The Hall–Kier alpha value is -3.47. The molecule has 32 heavy (non-hydrogen) atoms. The van der Waals surface area contributed by atoms with E-state index in [4.69, 9.17) is 0 Å². The van der Waals surface area contributed by atoms with Crippen LogP contribution in [0.1, 0.15) is 27.8 Å². The molecule has 1 N–H and O–H groups in total. The summed E-state index contributed by atoms with van der Waals surface area (Å²) in [7, 11) is 1.57. The molecular formula is C27H29FN2O2. The van der Waals surface area contributed by atoms with Gasteiger partial charge in [0, 0.05) is 20.0 Å². The highest BCUT2D eigenvalue weighted by atomic mass is 19.1. The van der Waals surface area contributed by atoms with E-state index in [0.29, 0.717) is 6.42 Å². The molecule has 1 unspecified atom stereocenters. The Bertz CT molecular complexity index is 1060. The van der Waals surface area contributed by atoms with Crippen LogP contribution in [0.4, 0.5) is 4.39 Å². The molecule has 0 aliphatic rings. The first kappa shape index (κ1) is 23.2. The fraction of sp³-hybridized carbons (Fsp3) is 0.259. The molecule has 0 aliphatic carbocycles. The zero-order chi connectivity index (χ0) is 23.1. The van der Waals surface area contributed by atoms with Crippen LogP contribution >= 0.6 is 0 Å². The van der Waals surface area contributed by atoms with Gasteiger partial charge < -0.3 is 10.2 Å². The van der Waals surface area contributed by atoms with Crippen molar-refractivity contribution in [2.45, 2.75) is 39.3 Å². The van der Waals surface area contributed by atoms with Crippen molar-refractivity contribution >= 4 is 11.8 Å². The van der Waals surface area contributed by atoms with E-state index in [9.17, 15) is 14.0 Å². The third-order valence-corrected chi connectivity index (χ3v) is 5.71. The van der Waals surface area contributed by atoms with Gasteiger partial charge in [-0.1, -0.05) is 60.7 Å². The molecule has 0 fully saturated rings. The van der Waals surface area contributed by atoms with Gasteiger partial charge in [0.2, 0.25) is 11.8 Å². The second-order valence-corrected chi connectivity index (χ2v) is 8.06. The number of hydrogen-bond donors (Lipinski definition) is 1. The van der Waals surface area contributed by atoms with Crippen molar-refractivity contribution in [2.75, 3.05) is 7.05 Å². The highest BCUT2D eigenvalue weighted by Crippen LogP contribution is 2.18. The molecule has 0 bridgehead atoms. The molecule has 3 aromatic carbocycles. The van der Waals surface area contributed by atoms with E-state index in [1.807, 2.05) is 62.4 Å². The molecular weight excluding hydrogens is 403 g/mol. The monoisotopic (exact) mass is 432 g/mol. The molecule has 3 aromatic rings. The molecule has 0 aliphatic heterocycles. The van der Waals surface area contributed by atoms with Crippen molar-refractivity contribution in [1.82, 2.24) is 10.2 Å². The Labute approximate surface area is 189 Å². The summed E-state index contributed by atoms with van der Waals surface area (Å²) in [5.74, 6) is -0.722. The molecule has 4 nitrogen and oxygen atoms in total. The summed E-state index contributed by atoms with van der Waals surface area (Å²) in [6.07, 6.45) is 0.574. The molecule has 0 saturated heterocycles. The van der Waals surface area contributed by atoms with E-state index < -0.39 is 6.04 Å². The lowest BCUT2D eigenvalue weighted by Gasteiger charge is -2.31. The van der Waals surface area contributed by atoms with Crippen LogP contribution in [0.5, 0.6) is 0 Å². The van der Waals surface area contributed by atoms with Crippen molar-refractivity contribution in [3.05, 3.63) is 106 Å². The number of nitrogens with zero attached hydrogens (tertiary/aromatic N) is 1. The van der Waals surface area contributed by atoms with Gasteiger partial charge in [0.25, 0.3) is 0 Å². The summed E-state index contributed by atoms with van der Waals surface area (Å²) in [5.41, 5.74) is 4.91. The Morgan fingerprint density at radius 3 is 2.16 bits per heavy atom. The molecule has 0 aromatic heterocycles. The molecule has 0 saturated carbocycles. The number of benzene rings is 3. The summed E-state index contributed by atoms with van der Waals surface area (Å²) >= 11 is 0. The standard InChI is InChI=1S/C27H29FN2O2/c1-19-9-10-23(15-20(19)2)17-26(31)30(18-22-11-13-24(28)14-12-22)25(27(32)29-3)16-21-7-5-4-6-8-21/h4-15,25H,16-18H2,1-3H3,(H,29,32). The van der Waals surface area contributed by atoms with Crippen molar-refractivity contribution in [3.63, 3.8) is 0 Å². The number of halogens is 1. The molecule has 3 rings (SSSR count). The van der Waals surface area contributed by atoms with Crippen LogP contribution in [0, 0.1) is 19.7 Å². The maximum absolute atomic E-state index is 13.5. The number of carbonyl (C=O) groups excluding carboxylic acids is 2. The average Bonchev–Trinajstić information content (AvgIpc) is 2.80. The second-order valence-electron chi connectivity index (χ2n) is 8.06. The van der Waals surface area contributed by atoms with Gasteiger partial charge in [0.15, 0.2) is 0 Å². The van der Waals surface area contributed by atoms with Gasteiger partial charge in [0.1, 0.15) is 11.9 Å². The topological polar surface area (TPSA) is 49.4 Å². The zero-order valence-electron chi connectivity index (χ0n) is 18.8. The number of amides is 2. The fourth-order valence-electron chi connectivity index (χ4n) is 3.70. The summed E-state index contributed by atoms with van der Waals surface area (Å²) in [4.78, 5) is 28.0. The predicted octanol–water partition coefficient (Wildman–Crippen LogP) is 4.37. The summed E-state index contributed by atoms with van der Waals surface area (Å²) in [5, 5.41) is 2.70. The van der Waals surface area contributed by atoms with Crippen LogP contribution in [0.2, 0.25) is 0 Å². The smallest absolute Gasteiger partial charge is 0.242 e. The molecule has 5 heteroatoms. The summed E-state index contributed by atoms with van der Waals surface area (Å²) in [6, 6.07) is 20.9. The Balaban J connectivity index is 1.93. The minimum atomic E-state index is -0.688. The van der Waals surface area contributed by atoms with E-state index in [2.05, 4.69) is 5.32 Å².